The normalized spacial score (nSPS) is 12.2. The maximum atomic E-state index is 11.4. The summed E-state index contributed by atoms with van der Waals surface area (Å²) < 4.78 is 0. The summed E-state index contributed by atoms with van der Waals surface area (Å²) in [5.41, 5.74) is 0.948. The van der Waals surface area contributed by atoms with Gasteiger partial charge in [-0.3, -0.25) is 4.79 Å². The first-order chi connectivity index (χ1) is 7.54. The topological polar surface area (TPSA) is 29.1 Å². The second-order valence-electron chi connectivity index (χ2n) is 3.40. The summed E-state index contributed by atoms with van der Waals surface area (Å²) in [5.74, 6) is 0.483. The lowest BCUT2D eigenvalue weighted by Crippen LogP contribution is -2.28. The minimum Gasteiger partial charge on any atom is -0.349 e. The largest absolute Gasteiger partial charge is 0.349 e. The van der Waals surface area contributed by atoms with Crippen LogP contribution < -0.4 is 5.32 Å². The molecule has 1 aromatic rings. The Bertz CT molecular complexity index is 384. The second kappa shape index (κ2) is 6.38. The molecule has 0 saturated carbocycles. The van der Waals surface area contributed by atoms with Gasteiger partial charge in [-0.25, -0.2) is 0 Å². The summed E-state index contributed by atoms with van der Waals surface area (Å²) in [4.78, 5) is 11.4. The fourth-order valence-corrected chi connectivity index (χ4v) is 1.93. The van der Waals surface area contributed by atoms with Crippen molar-refractivity contribution in [3.63, 3.8) is 0 Å². The fourth-order valence-electron chi connectivity index (χ4n) is 1.28. The minimum absolute atomic E-state index is 0.0195. The first-order valence-corrected chi connectivity index (χ1v) is 6.93. The smallest absolute Gasteiger partial charge is 0.230 e. The minimum atomic E-state index is -0.0607. The SMILES string of the molecule is CSCC(=O)NC(C)c1ccc(Cl)c(Cl)c1. The van der Waals surface area contributed by atoms with E-state index in [1.807, 2.05) is 19.2 Å². The van der Waals surface area contributed by atoms with Crippen molar-refractivity contribution < 1.29 is 4.79 Å². The molecule has 1 atom stereocenters. The van der Waals surface area contributed by atoms with Crippen molar-refractivity contribution >= 4 is 40.9 Å². The molecular weight excluding hydrogens is 265 g/mol. The van der Waals surface area contributed by atoms with Gasteiger partial charge in [-0.05, 0) is 30.9 Å². The number of rotatable bonds is 4. The molecule has 1 aromatic carbocycles. The van der Waals surface area contributed by atoms with Gasteiger partial charge in [-0.2, -0.15) is 11.8 Å². The molecule has 16 heavy (non-hydrogen) atoms. The lowest BCUT2D eigenvalue weighted by Gasteiger charge is -2.14. The maximum absolute atomic E-state index is 11.4. The lowest BCUT2D eigenvalue weighted by atomic mass is 10.1. The van der Waals surface area contributed by atoms with Crippen molar-refractivity contribution in [3.8, 4) is 0 Å². The number of halogens is 2. The monoisotopic (exact) mass is 277 g/mol. The van der Waals surface area contributed by atoms with Gasteiger partial charge in [0.05, 0.1) is 21.8 Å². The molecule has 0 bridgehead atoms. The molecule has 1 amide bonds. The Balaban J connectivity index is 2.69. The summed E-state index contributed by atoms with van der Waals surface area (Å²) in [6.45, 7) is 1.91. The molecule has 0 aromatic heterocycles. The van der Waals surface area contributed by atoms with Gasteiger partial charge in [0, 0.05) is 0 Å². The number of carbonyl (C=O) groups excluding carboxylic acids is 1. The predicted molar refractivity (Wildman–Crippen MR) is 71.4 cm³/mol. The first kappa shape index (κ1) is 13.7. The molecule has 0 aliphatic rings. The van der Waals surface area contributed by atoms with Crippen LogP contribution in [0.25, 0.3) is 0 Å². The summed E-state index contributed by atoms with van der Waals surface area (Å²) in [6, 6.07) is 5.30. The molecule has 0 aliphatic carbocycles. The van der Waals surface area contributed by atoms with E-state index < -0.39 is 0 Å². The van der Waals surface area contributed by atoms with Crippen LogP contribution in [0.4, 0.5) is 0 Å². The van der Waals surface area contributed by atoms with Gasteiger partial charge >= 0.3 is 0 Å². The number of benzene rings is 1. The highest BCUT2D eigenvalue weighted by Crippen LogP contribution is 2.25. The van der Waals surface area contributed by atoms with Gasteiger partial charge in [-0.1, -0.05) is 29.3 Å². The van der Waals surface area contributed by atoms with E-state index >= 15 is 0 Å². The number of carbonyl (C=O) groups is 1. The lowest BCUT2D eigenvalue weighted by molar-refractivity contribution is -0.119. The third-order valence-electron chi connectivity index (χ3n) is 2.10. The molecule has 2 nitrogen and oxygen atoms in total. The molecule has 88 valence electrons. The Labute approximate surface area is 110 Å². The number of hydrogen-bond acceptors (Lipinski definition) is 2. The predicted octanol–water partition coefficient (Wildman–Crippen LogP) is 3.53. The Morgan fingerprint density at radius 3 is 2.69 bits per heavy atom. The molecule has 0 radical (unpaired) electrons. The Morgan fingerprint density at radius 2 is 2.12 bits per heavy atom. The van der Waals surface area contributed by atoms with Gasteiger partial charge in [0.1, 0.15) is 0 Å². The fraction of sp³-hybridized carbons (Fsp3) is 0.364. The van der Waals surface area contributed by atoms with Gasteiger partial charge in [0.2, 0.25) is 5.91 Å². The molecule has 0 heterocycles. The summed E-state index contributed by atoms with van der Waals surface area (Å²) in [6.07, 6.45) is 1.89. The van der Waals surface area contributed by atoms with Crippen LogP contribution in [0.5, 0.6) is 0 Å². The van der Waals surface area contributed by atoms with E-state index in [-0.39, 0.29) is 11.9 Å². The highest BCUT2D eigenvalue weighted by molar-refractivity contribution is 7.99. The van der Waals surface area contributed by atoms with Crippen LogP contribution >= 0.6 is 35.0 Å². The standard InChI is InChI=1S/C11H13Cl2NOS/c1-7(14-11(15)6-16-2)8-3-4-9(12)10(13)5-8/h3-5,7H,6H2,1-2H3,(H,14,15). The van der Waals surface area contributed by atoms with Gasteiger partial charge in [0.15, 0.2) is 0 Å². The molecule has 0 spiro atoms. The van der Waals surface area contributed by atoms with Crippen molar-refractivity contribution in [2.75, 3.05) is 12.0 Å². The molecule has 0 aliphatic heterocycles. The van der Waals surface area contributed by atoms with Crippen molar-refractivity contribution in [1.82, 2.24) is 5.32 Å². The molecule has 1 rings (SSSR count). The van der Waals surface area contributed by atoms with Crippen LogP contribution in [0.3, 0.4) is 0 Å². The molecule has 1 unspecified atom stereocenters. The highest BCUT2D eigenvalue weighted by Gasteiger charge is 2.10. The van der Waals surface area contributed by atoms with Crippen LogP contribution in [0.15, 0.2) is 18.2 Å². The maximum Gasteiger partial charge on any atom is 0.230 e. The first-order valence-electron chi connectivity index (χ1n) is 4.78. The molecule has 0 saturated heterocycles. The van der Waals surface area contributed by atoms with E-state index in [0.29, 0.717) is 15.8 Å². The second-order valence-corrected chi connectivity index (χ2v) is 5.08. The zero-order chi connectivity index (χ0) is 12.1. The van der Waals surface area contributed by atoms with Crippen LogP contribution in [0.2, 0.25) is 10.0 Å². The molecular formula is C11H13Cl2NOS. The van der Waals surface area contributed by atoms with Gasteiger partial charge in [-0.15, -0.1) is 0 Å². The average molecular weight is 278 g/mol. The summed E-state index contributed by atoms with van der Waals surface area (Å²) in [5, 5.41) is 3.91. The summed E-state index contributed by atoms with van der Waals surface area (Å²) in [7, 11) is 0. The van der Waals surface area contributed by atoms with Crippen molar-refractivity contribution in [2.45, 2.75) is 13.0 Å². The van der Waals surface area contributed by atoms with E-state index in [1.54, 1.807) is 12.1 Å². The third kappa shape index (κ3) is 3.89. The Morgan fingerprint density at radius 1 is 1.44 bits per heavy atom. The zero-order valence-corrected chi connectivity index (χ0v) is 11.4. The molecule has 0 fully saturated rings. The van der Waals surface area contributed by atoms with Crippen molar-refractivity contribution in [3.05, 3.63) is 33.8 Å². The van der Waals surface area contributed by atoms with E-state index in [9.17, 15) is 4.79 Å². The van der Waals surface area contributed by atoms with E-state index in [4.69, 9.17) is 23.2 Å². The third-order valence-corrected chi connectivity index (χ3v) is 3.39. The van der Waals surface area contributed by atoms with Crippen LogP contribution in [-0.2, 0) is 4.79 Å². The van der Waals surface area contributed by atoms with Gasteiger partial charge < -0.3 is 5.32 Å². The number of amides is 1. The quantitative estimate of drug-likeness (QED) is 0.912. The van der Waals surface area contributed by atoms with E-state index in [0.717, 1.165) is 5.56 Å². The molecule has 5 heteroatoms. The van der Waals surface area contributed by atoms with Crippen LogP contribution in [-0.4, -0.2) is 17.9 Å². The Hall–Kier alpha value is -0.380. The number of thioether (sulfide) groups is 1. The molecule has 1 N–H and O–H groups in total. The summed E-state index contributed by atoms with van der Waals surface area (Å²) >= 11 is 13.2. The van der Waals surface area contributed by atoms with Crippen LogP contribution in [0.1, 0.15) is 18.5 Å². The van der Waals surface area contributed by atoms with Gasteiger partial charge in [0.25, 0.3) is 0 Å². The van der Waals surface area contributed by atoms with Crippen molar-refractivity contribution in [1.29, 1.82) is 0 Å². The van der Waals surface area contributed by atoms with E-state index in [2.05, 4.69) is 5.32 Å². The van der Waals surface area contributed by atoms with E-state index in [1.165, 1.54) is 11.8 Å². The number of hydrogen-bond donors (Lipinski definition) is 1. The number of nitrogens with one attached hydrogen (secondary N) is 1. The van der Waals surface area contributed by atoms with Crippen molar-refractivity contribution in [2.24, 2.45) is 0 Å². The average Bonchev–Trinajstić information content (AvgIpc) is 2.22. The highest BCUT2D eigenvalue weighted by atomic mass is 35.5. The van der Waals surface area contributed by atoms with Crippen LogP contribution in [0, 0.1) is 0 Å². The Kier molecular flexibility index (Phi) is 5.46. The zero-order valence-electron chi connectivity index (χ0n) is 9.09.